The second kappa shape index (κ2) is 6.62. The van der Waals surface area contributed by atoms with Gasteiger partial charge in [0, 0.05) is 12.0 Å². The quantitative estimate of drug-likeness (QED) is 0.874. The molecule has 1 aromatic carbocycles. The Balaban J connectivity index is 1.85. The van der Waals surface area contributed by atoms with E-state index < -0.39 is 17.5 Å². The number of nitrogens with two attached hydrogens (primary N) is 1. The van der Waals surface area contributed by atoms with Crippen LogP contribution >= 0.6 is 0 Å². The van der Waals surface area contributed by atoms with Crippen LogP contribution in [0.2, 0.25) is 0 Å². The number of amides is 2. The van der Waals surface area contributed by atoms with Crippen molar-refractivity contribution in [2.75, 3.05) is 25.0 Å². The predicted octanol–water partition coefficient (Wildman–Crippen LogP) is 1.10. The van der Waals surface area contributed by atoms with Crippen LogP contribution in [-0.2, 0) is 9.59 Å². The Bertz CT molecular complexity index is 543. The van der Waals surface area contributed by atoms with Crippen molar-refractivity contribution in [1.82, 2.24) is 4.90 Å². The van der Waals surface area contributed by atoms with Crippen LogP contribution in [0.5, 0.6) is 0 Å². The molecule has 7 heteroatoms. The molecule has 5 nitrogen and oxygen atoms in total. The molecule has 1 saturated heterocycles. The highest BCUT2D eigenvalue weighted by molar-refractivity contribution is 5.92. The molecule has 21 heavy (non-hydrogen) atoms. The van der Waals surface area contributed by atoms with E-state index in [1.165, 1.54) is 0 Å². The van der Waals surface area contributed by atoms with Gasteiger partial charge in [-0.1, -0.05) is 0 Å². The smallest absolute Gasteiger partial charge is 0.238 e. The van der Waals surface area contributed by atoms with Gasteiger partial charge >= 0.3 is 0 Å². The first kappa shape index (κ1) is 15.4. The van der Waals surface area contributed by atoms with Crippen molar-refractivity contribution in [3.8, 4) is 0 Å². The number of piperidine rings is 1. The summed E-state index contributed by atoms with van der Waals surface area (Å²) in [6.07, 6.45) is 1.22. The number of hydrogen-bond donors (Lipinski definition) is 2. The topological polar surface area (TPSA) is 75.4 Å². The summed E-state index contributed by atoms with van der Waals surface area (Å²) in [6.45, 7) is 1.22. The first-order valence-electron chi connectivity index (χ1n) is 6.72. The number of nitrogens with one attached hydrogen (secondary N) is 1. The van der Waals surface area contributed by atoms with Crippen LogP contribution in [0.3, 0.4) is 0 Å². The van der Waals surface area contributed by atoms with Gasteiger partial charge in [0.15, 0.2) is 0 Å². The average Bonchev–Trinajstić information content (AvgIpc) is 2.43. The summed E-state index contributed by atoms with van der Waals surface area (Å²) in [5.41, 5.74) is 5.06. The van der Waals surface area contributed by atoms with E-state index >= 15 is 0 Å². The minimum atomic E-state index is -0.683. The number of carbonyl (C=O) groups is 2. The third kappa shape index (κ3) is 4.22. The molecule has 0 radical (unpaired) electrons. The summed E-state index contributed by atoms with van der Waals surface area (Å²) < 4.78 is 26.4. The van der Waals surface area contributed by atoms with E-state index in [1.54, 1.807) is 0 Å². The Morgan fingerprint density at radius 3 is 2.57 bits per heavy atom. The lowest BCUT2D eigenvalue weighted by Gasteiger charge is -2.29. The third-order valence-corrected chi connectivity index (χ3v) is 3.56. The Morgan fingerprint density at radius 2 is 1.95 bits per heavy atom. The molecule has 0 saturated carbocycles. The highest BCUT2D eigenvalue weighted by Crippen LogP contribution is 2.18. The summed E-state index contributed by atoms with van der Waals surface area (Å²) in [4.78, 5) is 24.7. The SMILES string of the molecule is NC(=O)C1CCN(CC(=O)Nc2cc(F)ccc2F)CC1. The van der Waals surface area contributed by atoms with Gasteiger partial charge in [0.2, 0.25) is 11.8 Å². The third-order valence-electron chi connectivity index (χ3n) is 3.56. The van der Waals surface area contributed by atoms with E-state index in [1.807, 2.05) is 4.90 Å². The van der Waals surface area contributed by atoms with Crippen molar-refractivity contribution < 1.29 is 18.4 Å². The minimum Gasteiger partial charge on any atom is -0.369 e. The van der Waals surface area contributed by atoms with Crippen molar-refractivity contribution in [3.63, 3.8) is 0 Å². The summed E-state index contributed by atoms with van der Waals surface area (Å²) in [5, 5.41) is 2.35. The average molecular weight is 297 g/mol. The van der Waals surface area contributed by atoms with Gasteiger partial charge in [-0.15, -0.1) is 0 Å². The normalized spacial score (nSPS) is 16.7. The number of likely N-dealkylation sites (tertiary alicyclic amines) is 1. The van der Waals surface area contributed by atoms with Gasteiger partial charge in [0.25, 0.3) is 0 Å². The lowest BCUT2D eigenvalue weighted by atomic mass is 9.96. The fourth-order valence-electron chi connectivity index (χ4n) is 2.36. The maximum Gasteiger partial charge on any atom is 0.238 e. The molecule has 114 valence electrons. The van der Waals surface area contributed by atoms with Crippen LogP contribution < -0.4 is 11.1 Å². The van der Waals surface area contributed by atoms with E-state index in [0.717, 1.165) is 18.2 Å². The molecule has 0 unspecified atom stereocenters. The van der Waals surface area contributed by atoms with Crippen molar-refractivity contribution in [2.24, 2.45) is 11.7 Å². The Labute approximate surface area is 121 Å². The molecular formula is C14H17F2N3O2. The molecule has 2 amide bonds. The molecule has 1 aliphatic rings. The molecule has 0 spiro atoms. The monoisotopic (exact) mass is 297 g/mol. The maximum absolute atomic E-state index is 13.4. The lowest BCUT2D eigenvalue weighted by molar-refractivity contribution is -0.123. The van der Waals surface area contributed by atoms with Crippen LogP contribution in [-0.4, -0.2) is 36.3 Å². The number of rotatable bonds is 4. The first-order chi connectivity index (χ1) is 9.95. The molecule has 2 rings (SSSR count). The summed E-state index contributed by atoms with van der Waals surface area (Å²) in [7, 11) is 0. The highest BCUT2D eigenvalue weighted by atomic mass is 19.1. The van der Waals surface area contributed by atoms with E-state index in [9.17, 15) is 18.4 Å². The summed E-state index contributed by atoms with van der Waals surface area (Å²) in [6, 6.07) is 2.88. The highest BCUT2D eigenvalue weighted by Gasteiger charge is 2.24. The van der Waals surface area contributed by atoms with Gasteiger partial charge in [-0.25, -0.2) is 8.78 Å². The number of nitrogens with zero attached hydrogens (tertiary/aromatic N) is 1. The molecule has 0 aliphatic carbocycles. The standard InChI is InChI=1S/C14H17F2N3O2/c15-10-1-2-11(16)12(7-10)18-13(20)8-19-5-3-9(4-6-19)14(17)21/h1-2,7,9H,3-6,8H2,(H2,17,21)(H,18,20). The van der Waals surface area contributed by atoms with E-state index in [-0.39, 0.29) is 24.1 Å². The van der Waals surface area contributed by atoms with Crippen LogP contribution in [0.1, 0.15) is 12.8 Å². The Hall–Kier alpha value is -2.02. The number of halogens is 2. The zero-order valence-electron chi connectivity index (χ0n) is 11.4. The number of anilines is 1. The summed E-state index contributed by atoms with van der Waals surface area (Å²) >= 11 is 0. The van der Waals surface area contributed by atoms with E-state index in [0.29, 0.717) is 25.9 Å². The maximum atomic E-state index is 13.4. The van der Waals surface area contributed by atoms with E-state index in [4.69, 9.17) is 5.73 Å². The van der Waals surface area contributed by atoms with Gasteiger partial charge in [-0.2, -0.15) is 0 Å². The zero-order valence-corrected chi connectivity index (χ0v) is 11.4. The van der Waals surface area contributed by atoms with E-state index in [2.05, 4.69) is 5.32 Å². The molecule has 1 aliphatic heterocycles. The van der Waals surface area contributed by atoms with Crippen molar-refractivity contribution in [2.45, 2.75) is 12.8 Å². The van der Waals surface area contributed by atoms with Crippen molar-refractivity contribution in [1.29, 1.82) is 0 Å². The first-order valence-corrected chi connectivity index (χ1v) is 6.72. The molecule has 0 aromatic heterocycles. The van der Waals surface area contributed by atoms with Crippen molar-refractivity contribution in [3.05, 3.63) is 29.8 Å². The lowest BCUT2D eigenvalue weighted by Crippen LogP contribution is -2.42. The molecule has 0 bridgehead atoms. The number of hydrogen-bond acceptors (Lipinski definition) is 3. The predicted molar refractivity (Wildman–Crippen MR) is 73.3 cm³/mol. The molecular weight excluding hydrogens is 280 g/mol. The molecule has 1 aromatic rings. The zero-order chi connectivity index (χ0) is 15.4. The number of primary amides is 1. The second-order valence-corrected chi connectivity index (χ2v) is 5.13. The van der Waals surface area contributed by atoms with Crippen LogP contribution in [0.4, 0.5) is 14.5 Å². The second-order valence-electron chi connectivity index (χ2n) is 5.13. The van der Waals surface area contributed by atoms with Crippen molar-refractivity contribution >= 4 is 17.5 Å². The van der Waals surface area contributed by atoms with Gasteiger partial charge in [-0.05, 0) is 38.1 Å². The molecule has 1 heterocycles. The van der Waals surface area contributed by atoms with Crippen LogP contribution in [0.25, 0.3) is 0 Å². The largest absolute Gasteiger partial charge is 0.369 e. The fourth-order valence-corrected chi connectivity index (χ4v) is 2.36. The van der Waals surface area contributed by atoms with Gasteiger partial charge < -0.3 is 11.1 Å². The number of benzene rings is 1. The fraction of sp³-hybridized carbons (Fsp3) is 0.429. The van der Waals surface area contributed by atoms with Gasteiger partial charge in [-0.3, -0.25) is 14.5 Å². The molecule has 1 fully saturated rings. The molecule has 0 atom stereocenters. The number of carbonyl (C=O) groups excluding carboxylic acids is 2. The minimum absolute atomic E-state index is 0.0709. The summed E-state index contributed by atoms with van der Waals surface area (Å²) in [5.74, 6) is -2.19. The van der Waals surface area contributed by atoms with Gasteiger partial charge in [0.05, 0.1) is 12.2 Å². The van der Waals surface area contributed by atoms with Gasteiger partial charge in [0.1, 0.15) is 11.6 Å². The molecule has 3 N–H and O–H groups in total. The van der Waals surface area contributed by atoms with Crippen LogP contribution in [0, 0.1) is 17.6 Å². The van der Waals surface area contributed by atoms with Crippen LogP contribution in [0.15, 0.2) is 18.2 Å². The Morgan fingerprint density at radius 1 is 1.29 bits per heavy atom. The Kier molecular flexibility index (Phi) is 4.85.